The molecule has 2 heterocycles. The van der Waals surface area contributed by atoms with Gasteiger partial charge in [-0.2, -0.15) is 0 Å². The van der Waals surface area contributed by atoms with Crippen LogP contribution in [0.15, 0.2) is 155 Å². The topological polar surface area (TPSA) is 115 Å². The van der Waals surface area contributed by atoms with E-state index in [1.807, 2.05) is 24.3 Å². The first-order valence-corrected chi connectivity index (χ1v) is 22.5. The lowest BCUT2D eigenvalue weighted by molar-refractivity contribution is 0.355. The Bertz CT molecular complexity index is 2850. The molecule has 0 radical (unpaired) electrons. The van der Waals surface area contributed by atoms with Gasteiger partial charge in [0.15, 0.2) is 37.3 Å². The van der Waals surface area contributed by atoms with E-state index >= 15 is 18.7 Å². The van der Waals surface area contributed by atoms with Gasteiger partial charge >= 0.3 is 0 Å². The molecule has 0 saturated heterocycles. The first-order valence-electron chi connectivity index (χ1n) is 19.1. The molecule has 0 aliphatic rings. The molecule has 0 aliphatic carbocycles. The zero-order valence-electron chi connectivity index (χ0n) is 33.9. The van der Waals surface area contributed by atoms with Crippen LogP contribution in [0.1, 0.15) is 0 Å². The van der Waals surface area contributed by atoms with Gasteiger partial charge in [0.1, 0.15) is 0 Å². The third kappa shape index (κ3) is 6.18. The van der Waals surface area contributed by atoms with Crippen LogP contribution in [0.3, 0.4) is 0 Å². The number of aromatic nitrogens is 2. The summed E-state index contributed by atoms with van der Waals surface area (Å²) in [6, 6.07) is 42.2. The van der Waals surface area contributed by atoms with Crippen LogP contribution < -0.4 is 61.9 Å². The summed E-state index contributed by atoms with van der Waals surface area (Å²) in [5.74, 6) is 1.31. The van der Waals surface area contributed by atoms with Crippen LogP contribution in [0.4, 0.5) is 0 Å². The fourth-order valence-corrected chi connectivity index (χ4v) is 14.1. The highest BCUT2D eigenvalue weighted by molar-refractivity contribution is 7.86. The molecule has 6 aromatic carbocycles. The number of rotatable bonds is 11. The van der Waals surface area contributed by atoms with Crippen molar-refractivity contribution in [3.8, 4) is 34.1 Å². The number of fused-ring (bicyclic) bond motifs is 2. The van der Waals surface area contributed by atoms with Crippen LogP contribution in [0.5, 0.6) is 23.0 Å². The number of aryl methyl sites for hydroxylation is 2. The predicted octanol–water partition coefficient (Wildman–Crippen LogP) is 6.37. The van der Waals surface area contributed by atoms with E-state index in [9.17, 15) is 0 Å². The molecule has 0 fully saturated rings. The molecule has 0 atom stereocenters. The Kier molecular flexibility index (Phi) is 10.6. The van der Waals surface area contributed by atoms with Gasteiger partial charge in [-0.1, -0.05) is 121 Å². The van der Waals surface area contributed by atoms with Crippen molar-refractivity contribution in [1.29, 1.82) is 0 Å². The van der Waals surface area contributed by atoms with E-state index in [2.05, 4.69) is 0 Å². The lowest BCUT2D eigenvalue weighted by atomic mass is 9.96. The van der Waals surface area contributed by atoms with Crippen molar-refractivity contribution in [3.63, 3.8) is 0 Å². The zero-order chi connectivity index (χ0) is 42.3. The normalized spacial score (nSPS) is 11.8. The van der Waals surface area contributed by atoms with E-state index < -0.39 is 25.4 Å². The van der Waals surface area contributed by atoms with Crippen molar-refractivity contribution in [3.05, 3.63) is 166 Å². The summed E-state index contributed by atoms with van der Waals surface area (Å²) in [6.45, 7) is 0. The molecule has 0 amide bonds. The molecule has 0 spiro atoms. The molecular formula is C48H42N2O8P2. The molecular weight excluding hydrogens is 794 g/mol. The second-order valence-corrected chi connectivity index (χ2v) is 19.6. The number of pyridine rings is 2. The van der Waals surface area contributed by atoms with Crippen molar-refractivity contribution in [2.24, 2.45) is 14.1 Å². The highest BCUT2D eigenvalue weighted by Gasteiger charge is 2.42. The Morgan fingerprint density at radius 2 is 0.650 bits per heavy atom. The maximum atomic E-state index is 16.9. The van der Waals surface area contributed by atoms with Crippen molar-refractivity contribution in [1.82, 2.24) is 9.13 Å². The van der Waals surface area contributed by atoms with Crippen LogP contribution >= 0.6 is 14.3 Å². The molecule has 2 aromatic heterocycles. The number of hydrogen-bond donors (Lipinski definition) is 0. The fourth-order valence-electron chi connectivity index (χ4n) is 8.15. The number of benzene rings is 6. The average molecular weight is 837 g/mol. The van der Waals surface area contributed by atoms with Gasteiger partial charge in [0, 0.05) is 69.3 Å². The van der Waals surface area contributed by atoms with Crippen LogP contribution in [0, 0.1) is 0 Å². The van der Waals surface area contributed by atoms with Crippen LogP contribution in [-0.4, -0.2) is 37.6 Å². The molecule has 0 bridgehead atoms. The minimum atomic E-state index is -4.21. The van der Waals surface area contributed by atoms with E-state index in [-0.39, 0.29) is 21.7 Å². The lowest BCUT2D eigenvalue weighted by Crippen LogP contribution is -2.44. The van der Waals surface area contributed by atoms with Gasteiger partial charge in [-0.3, -0.25) is 9.59 Å². The van der Waals surface area contributed by atoms with Gasteiger partial charge in [-0.25, -0.2) is 0 Å². The fraction of sp³-hybridized carbons (Fsp3) is 0.125. The van der Waals surface area contributed by atoms with Gasteiger partial charge in [-0.05, 0) is 12.1 Å². The molecule has 0 N–H and O–H groups in total. The highest BCUT2D eigenvalue weighted by atomic mass is 31.2. The van der Waals surface area contributed by atoms with Crippen molar-refractivity contribution >= 4 is 67.9 Å². The third-order valence-corrected chi connectivity index (χ3v) is 17.3. The molecule has 60 heavy (non-hydrogen) atoms. The summed E-state index contributed by atoms with van der Waals surface area (Å²) in [6.07, 6.45) is 0. The predicted molar refractivity (Wildman–Crippen MR) is 242 cm³/mol. The molecule has 8 aromatic rings. The van der Waals surface area contributed by atoms with Crippen LogP contribution in [0.25, 0.3) is 32.9 Å². The van der Waals surface area contributed by atoms with Gasteiger partial charge in [0.2, 0.25) is 0 Å². The minimum Gasteiger partial charge on any atom is -0.493 e. The summed E-state index contributed by atoms with van der Waals surface area (Å²) in [4.78, 5) is 31.3. The first-order chi connectivity index (χ1) is 29.0. The van der Waals surface area contributed by atoms with Gasteiger partial charge in [-0.15, -0.1) is 0 Å². The largest absolute Gasteiger partial charge is 0.493 e. The molecule has 10 nitrogen and oxygen atoms in total. The minimum absolute atomic E-state index is 0.0830. The smallest absolute Gasteiger partial charge is 0.262 e. The van der Waals surface area contributed by atoms with E-state index in [1.165, 1.54) is 37.6 Å². The average Bonchev–Trinajstić information content (AvgIpc) is 3.31. The summed E-state index contributed by atoms with van der Waals surface area (Å²) >= 11 is 0. The van der Waals surface area contributed by atoms with Gasteiger partial charge < -0.3 is 37.2 Å². The molecule has 12 heteroatoms. The maximum absolute atomic E-state index is 16.9. The highest BCUT2D eigenvalue weighted by Crippen LogP contribution is 2.51. The second-order valence-electron chi connectivity index (χ2n) is 14.2. The molecule has 8 rings (SSSR count). The van der Waals surface area contributed by atoms with E-state index in [4.69, 9.17) is 18.9 Å². The summed E-state index contributed by atoms with van der Waals surface area (Å²) < 4.78 is 59.9. The Morgan fingerprint density at radius 3 is 0.900 bits per heavy atom. The lowest BCUT2D eigenvalue weighted by Gasteiger charge is -2.29. The van der Waals surface area contributed by atoms with E-state index in [0.29, 0.717) is 66.0 Å². The Balaban J connectivity index is 1.76. The Morgan fingerprint density at radius 1 is 0.400 bits per heavy atom. The van der Waals surface area contributed by atoms with E-state index in [1.54, 1.807) is 135 Å². The standard InChI is InChI=1S/C48H42N2O8P2/c1-49-37-29-41(57-5)39(55-3)27-35(37)43(45(47(49)51)59(53,31-19-11-7-12-20-31)32-21-13-8-14-22-32)44-36-28-40(56-4)42(58-6)30-38(36)50(2)48(52)46(44)60(54,33-23-15-9-16-24-33)34-25-17-10-18-26-34/h7-30H,1-6H3. The van der Waals surface area contributed by atoms with E-state index in [0.717, 1.165) is 0 Å². The quantitative estimate of drug-likeness (QED) is 0.138. The number of methoxy groups -OCH3 is 4. The monoisotopic (exact) mass is 836 g/mol. The van der Waals surface area contributed by atoms with Crippen LogP contribution in [0.2, 0.25) is 0 Å². The summed E-state index contributed by atoms with van der Waals surface area (Å²) in [5, 5.41) is 2.18. The van der Waals surface area contributed by atoms with Crippen LogP contribution in [-0.2, 0) is 23.2 Å². The SMILES string of the molecule is COc1cc2c(-c3c(P(=O)(c4ccccc4)c4ccccc4)c(=O)n(C)c4cc(OC)c(OC)cc34)c(P(=O)(c3ccccc3)c3ccccc3)c(=O)n(C)c2cc1OC. The van der Waals surface area contributed by atoms with Gasteiger partial charge in [0.25, 0.3) is 11.1 Å². The number of hydrogen-bond acceptors (Lipinski definition) is 8. The Hall–Kier alpha value is -6.60. The second kappa shape index (κ2) is 15.9. The maximum Gasteiger partial charge on any atom is 0.262 e. The molecule has 0 aliphatic heterocycles. The molecule has 0 saturated carbocycles. The first kappa shape index (κ1) is 40.2. The summed E-state index contributed by atoms with van der Waals surface area (Å²) in [5.41, 5.74) is -0.0908. The van der Waals surface area contributed by atoms with Crippen molar-refractivity contribution in [2.45, 2.75) is 0 Å². The Labute approximate surface area is 346 Å². The summed E-state index contributed by atoms with van der Waals surface area (Å²) in [7, 11) is 0.808. The zero-order valence-corrected chi connectivity index (χ0v) is 35.7. The number of ether oxygens (including phenoxy) is 4. The van der Waals surface area contributed by atoms with Crippen molar-refractivity contribution in [2.75, 3.05) is 28.4 Å². The third-order valence-electron chi connectivity index (χ3n) is 11.1. The van der Waals surface area contributed by atoms with Gasteiger partial charge in [0.05, 0.1) is 50.1 Å². The number of nitrogens with zero attached hydrogens (tertiary/aromatic N) is 2. The van der Waals surface area contributed by atoms with Crippen molar-refractivity contribution < 1.29 is 28.1 Å². The molecule has 302 valence electrons. The molecule has 0 unspecified atom stereocenters.